The molecule has 0 atom stereocenters. The van der Waals surface area contributed by atoms with Gasteiger partial charge in [-0.25, -0.2) is 4.98 Å². The van der Waals surface area contributed by atoms with Gasteiger partial charge in [0.05, 0.1) is 12.4 Å². The van der Waals surface area contributed by atoms with Crippen LogP contribution in [0.2, 0.25) is 5.02 Å². The van der Waals surface area contributed by atoms with Gasteiger partial charge in [0.15, 0.2) is 0 Å². The third-order valence-electron chi connectivity index (χ3n) is 2.70. The smallest absolute Gasteiger partial charge is 0.145 e. The van der Waals surface area contributed by atoms with Gasteiger partial charge in [-0.3, -0.25) is 4.57 Å². The summed E-state index contributed by atoms with van der Waals surface area (Å²) in [6.07, 6.45) is 4.79. The van der Waals surface area contributed by atoms with Crippen LogP contribution in [0.15, 0.2) is 60.8 Å². The summed E-state index contributed by atoms with van der Waals surface area (Å²) in [5.74, 6) is 0.859. The molecule has 0 bridgehead atoms. The Hall–Kier alpha value is -2.06. The Kier molecular flexibility index (Phi) is 2.87. The molecular formula is C15H10ClN2. The maximum Gasteiger partial charge on any atom is 0.145 e. The molecule has 0 aliphatic carbocycles. The number of para-hydroxylation sites is 1. The van der Waals surface area contributed by atoms with E-state index in [-0.39, 0.29) is 0 Å². The number of hydrogen-bond acceptors (Lipinski definition) is 1. The van der Waals surface area contributed by atoms with Crippen LogP contribution in [0, 0.1) is 6.20 Å². The average Bonchev–Trinajstić information content (AvgIpc) is 2.90. The second kappa shape index (κ2) is 4.67. The van der Waals surface area contributed by atoms with Crippen LogP contribution in [0.1, 0.15) is 0 Å². The Labute approximate surface area is 110 Å². The summed E-state index contributed by atoms with van der Waals surface area (Å²) in [7, 11) is 0. The predicted molar refractivity (Wildman–Crippen MR) is 72.8 cm³/mol. The van der Waals surface area contributed by atoms with Crippen LogP contribution in [-0.4, -0.2) is 9.55 Å². The molecule has 0 aliphatic heterocycles. The topological polar surface area (TPSA) is 17.8 Å². The van der Waals surface area contributed by atoms with Gasteiger partial charge in [-0.05, 0) is 36.4 Å². The predicted octanol–water partition coefficient (Wildman–Crippen LogP) is 3.99. The molecule has 3 heteroatoms. The van der Waals surface area contributed by atoms with Gasteiger partial charge in [-0.15, -0.1) is 0 Å². The van der Waals surface area contributed by atoms with Crippen molar-refractivity contribution in [2.24, 2.45) is 0 Å². The Morgan fingerprint density at radius 3 is 2.39 bits per heavy atom. The maximum absolute atomic E-state index is 5.89. The van der Waals surface area contributed by atoms with E-state index in [2.05, 4.69) is 11.2 Å². The van der Waals surface area contributed by atoms with E-state index in [1.54, 1.807) is 6.20 Å². The summed E-state index contributed by atoms with van der Waals surface area (Å²) < 4.78 is 1.93. The number of halogens is 1. The van der Waals surface area contributed by atoms with Crippen molar-refractivity contribution in [2.45, 2.75) is 0 Å². The van der Waals surface area contributed by atoms with Crippen molar-refractivity contribution in [2.75, 3.05) is 0 Å². The largest absolute Gasteiger partial charge is 0.291 e. The van der Waals surface area contributed by atoms with Gasteiger partial charge >= 0.3 is 0 Å². The van der Waals surface area contributed by atoms with Crippen LogP contribution in [-0.2, 0) is 0 Å². The second-order valence-corrected chi connectivity index (χ2v) is 4.33. The molecule has 0 saturated carbocycles. The SMILES string of the molecule is Clc1ccc(-c2nc[c]n2-c2ccccc2)cc1. The molecule has 1 radical (unpaired) electrons. The number of nitrogens with zero attached hydrogens (tertiary/aromatic N) is 2. The highest BCUT2D eigenvalue weighted by Gasteiger charge is 2.07. The number of hydrogen-bond donors (Lipinski definition) is 0. The quantitative estimate of drug-likeness (QED) is 0.675. The number of rotatable bonds is 2. The lowest BCUT2D eigenvalue weighted by atomic mass is 10.2. The Morgan fingerprint density at radius 1 is 0.944 bits per heavy atom. The molecule has 1 heterocycles. The summed E-state index contributed by atoms with van der Waals surface area (Å²) in [5.41, 5.74) is 2.06. The van der Waals surface area contributed by atoms with Crippen molar-refractivity contribution in [3.63, 3.8) is 0 Å². The molecule has 0 amide bonds. The van der Waals surface area contributed by atoms with Crippen molar-refractivity contribution in [3.8, 4) is 17.1 Å². The molecule has 87 valence electrons. The molecular weight excluding hydrogens is 244 g/mol. The molecule has 2 nitrogen and oxygen atoms in total. The zero-order valence-electron chi connectivity index (χ0n) is 9.55. The molecule has 18 heavy (non-hydrogen) atoms. The second-order valence-electron chi connectivity index (χ2n) is 3.89. The van der Waals surface area contributed by atoms with E-state index in [1.165, 1.54) is 0 Å². The van der Waals surface area contributed by atoms with Gasteiger partial charge in [0.25, 0.3) is 0 Å². The van der Waals surface area contributed by atoms with Gasteiger partial charge in [0, 0.05) is 16.3 Å². The van der Waals surface area contributed by atoms with Crippen molar-refractivity contribution in [3.05, 3.63) is 72.0 Å². The average molecular weight is 254 g/mol. The third kappa shape index (κ3) is 2.03. The first-order valence-electron chi connectivity index (χ1n) is 5.61. The van der Waals surface area contributed by atoms with Gasteiger partial charge in [-0.2, -0.15) is 0 Å². The van der Waals surface area contributed by atoms with E-state index in [0.29, 0.717) is 0 Å². The molecule has 0 spiro atoms. The zero-order valence-corrected chi connectivity index (χ0v) is 10.3. The number of imidazole rings is 1. The molecule has 0 saturated heterocycles. The molecule has 0 aliphatic rings. The standard InChI is InChI=1S/C15H10ClN2/c16-13-8-6-12(7-9-13)15-17-10-11-18(15)14-4-2-1-3-5-14/h1-10H. The molecule has 3 rings (SSSR count). The van der Waals surface area contributed by atoms with E-state index in [0.717, 1.165) is 22.1 Å². The minimum atomic E-state index is 0.723. The molecule has 0 unspecified atom stereocenters. The highest BCUT2D eigenvalue weighted by atomic mass is 35.5. The monoisotopic (exact) mass is 253 g/mol. The minimum absolute atomic E-state index is 0.723. The highest BCUT2D eigenvalue weighted by molar-refractivity contribution is 6.30. The van der Waals surface area contributed by atoms with Crippen LogP contribution < -0.4 is 0 Å². The van der Waals surface area contributed by atoms with E-state index in [4.69, 9.17) is 11.6 Å². The highest BCUT2D eigenvalue weighted by Crippen LogP contribution is 2.22. The summed E-state index contributed by atoms with van der Waals surface area (Å²) in [6.45, 7) is 0. The van der Waals surface area contributed by atoms with Crippen LogP contribution in [0.5, 0.6) is 0 Å². The molecule has 1 aromatic heterocycles. The fourth-order valence-corrected chi connectivity index (χ4v) is 1.97. The Bertz CT molecular complexity index is 642. The van der Waals surface area contributed by atoms with Crippen LogP contribution in [0.4, 0.5) is 0 Å². The Balaban J connectivity index is 2.10. The first kappa shape index (κ1) is 11.1. The van der Waals surface area contributed by atoms with E-state index in [9.17, 15) is 0 Å². The normalized spacial score (nSPS) is 10.5. The summed E-state index contributed by atoms with van der Waals surface area (Å²) in [4.78, 5) is 4.36. The molecule has 2 aromatic carbocycles. The molecule has 3 aromatic rings. The van der Waals surface area contributed by atoms with E-state index >= 15 is 0 Å². The fraction of sp³-hybridized carbons (Fsp3) is 0. The first-order valence-corrected chi connectivity index (χ1v) is 5.99. The summed E-state index contributed by atoms with van der Waals surface area (Å²) >= 11 is 5.89. The van der Waals surface area contributed by atoms with Crippen molar-refractivity contribution in [1.82, 2.24) is 9.55 Å². The third-order valence-corrected chi connectivity index (χ3v) is 2.95. The Morgan fingerprint density at radius 2 is 1.67 bits per heavy atom. The lowest BCUT2D eigenvalue weighted by Gasteiger charge is -2.07. The van der Waals surface area contributed by atoms with Crippen LogP contribution >= 0.6 is 11.6 Å². The fourth-order valence-electron chi connectivity index (χ4n) is 1.84. The number of benzene rings is 2. The van der Waals surface area contributed by atoms with E-state index in [1.807, 2.05) is 59.2 Å². The molecule has 0 fully saturated rings. The van der Waals surface area contributed by atoms with E-state index < -0.39 is 0 Å². The lowest BCUT2D eigenvalue weighted by molar-refractivity contribution is 1.06. The minimum Gasteiger partial charge on any atom is -0.291 e. The summed E-state index contributed by atoms with van der Waals surface area (Å²) in [5, 5.41) is 0.723. The van der Waals surface area contributed by atoms with Crippen molar-refractivity contribution >= 4 is 11.6 Å². The molecule has 0 N–H and O–H groups in total. The summed E-state index contributed by atoms with van der Waals surface area (Å²) in [6, 6.07) is 17.7. The lowest BCUT2D eigenvalue weighted by Crippen LogP contribution is -1.95. The van der Waals surface area contributed by atoms with Gasteiger partial charge < -0.3 is 0 Å². The maximum atomic E-state index is 5.89. The zero-order chi connectivity index (χ0) is 12.4. The van der Waals surface area contributed by atoms with Gasteiger partial charge in [0.1, 0.15) is 5.82 Å². The van der Waals surface area contributed by atoms with Crippen LogP contribution in [0.25, 0.3) is 17.1 Å². The first-order chi connectivity index (χ1) is 8.84. The van der Waals surface area contributed by atoms with Crippen molar-refractivity contribution < 1.29 is 0 Å². The van der Waals surface area contributed by atoms with Crippen LogP contribution in [0.3, 0.4) is 0 Å². The van der Waals surface area contributed by atoms with Gasteiger partial charge in [0.2, 0.25) is 0 Å². The van der Waals surface area contributed by atoms with Crippen molar-refractivity contribution in [1.29, 1.82) is 0 Å². The van der Waals surface area contributed by atoms with Gasteiger partial charge in [-0.1, -0.05) is 29.8 Å². The number of aromatic nitrogens is 2.